The van der Waals surface area contributed by atoms with E-state index in [4.69, 9.17) is 9.47 Å². The number of fused-ring (bicyclic) bond motifs is 1. The summed E-state index contributed by atoms with van der Waals surface area (Å²) in [5.41, 5.74) is 1.33. The van der Waals surface area contributed by atoms with Crippen LogP contribution >= 0.6 is 11.3 Å². The van der Waals surface area contributed by atoms with Gasteiger partial charge in [-0.1, -0.05) is 43.2 Å². The Balaban J connectivity index is 1.55. The highest BCUT2D eigenvalue weighted by Gasteiger charge is 2.12. The summed E-state index contributed by atoms with van der Waals surface area (Å²) in [5.74, 6) is 1.34. The number of benzene rings is 2. The highest BCUT2D eigenvalue weighted by molar-refractivity contribution is 7.15. The molecule has 4 aromatic rings. The maximum Gasteiger partial charge on any atom is 0.308 e. The van der Waals surface area contributed by atoms with Crippen molar-refractivity contribution in [3.63, 3.8) is 0 Å². The van der Waals surface area contributed by atoms with Crippen LogP contribution in [0.1, 0.15) is 38.7 Å². The van der Waals surface area contributed by atoms with Gasteiger partial charge in [0, 0.05) is 12.5 Å². The van der Waals surface area contributed by atoms with Crippen LogP contribution in [-0.4, -0.2) is 27.2 Å². The third kappa shape index (κ3) is 5.03. The number of esters is 1. The van der Waals surface area contributed by atoms with E-state index in [1.54, 1.807) is 24.3 Å². The van der Waals surface area contributed by atoms with Gasteiger partial charge in [-0.3, -0.25) is 9.59 Å². The van der Waals surface area contributed by atoms with Crippen LogP contribution in [0.2, 0.25) is 0 Å². The number of carbonyl (C=O) groups is 1. The molecule has 0 fully saturated rings. The van der Waals surface area contributed by atoms with Crippen molar-refractivity contribution in [2.24, 2.45) is 0 Å². The minimum atomic E-state index is -0.394. The van der Waals surface area contributed by atoms with E-state index in [2.05, 4.69) is 17.0 Å². The predicted octanol–water partition coefficient (Wildman–Crippen LogP) is 3.86. The van der Waals surface area contributed by atoms with Crippen LogP contribution in [0.3, 0.4) is 0 Å². The zero-order valence-electron chi connectivity index (χ0n) is 17.9. The monoisotopic (exact) mass is 449 g/mol. The Morgan fingerprint density at radius 2 is 1.94 bits per heavy atom. The quantitative estimate of drug-likeness (QED) is 0.231. The molecule has 0 unspecified atom stereocenters. The summed E-state index contributed by atoms with van der Waals surface area (Å²) in [6.45, 7) is 4.21. The molecule has 32 heavy (non-hydrogen) atoms. The molecule has 0 aliphatic carbocycles. The Bertz CT molecular complexity index is 1340. The Kier molecular flexibility index (Phi) is 6.61. The molecule has 0 bridgehead atoms. The normalized spacial score (nSPS) is 11.8. The molecule has 0 atom stereocenters. The lowest BCUT2D eigenvalue weighted by Crippen LogP contribution is -2.23. The molecular weight excluding hydrogens is 426 g/mol. The molecule has 0 radical (unpaired) electrons. The van der Waals surface area contributed by atoms with Crippen molar-refractivity contribution in [1.29, 1.82) is 0 Å². The molecule has 0 N–H and O–H groups in total. The Morgan fingerprint density at radius 1 is 1.12 bits per heavy atom. The van der Waals surface area contributed by atoms with Gasteiger partial charge in [-0.2, -0.15) is 9.50 Å². The Hall–Kier alpha value is -3.52. The summed E-state index contributed by atoms with van der Waals surface area (Å²) in [5, 5.41) is 4.39. The van der Waals surface area contributed by atoms with Gasteiger partial charge in [0.2, 0.25) is 4.96 Å². The first-order chi connectivity index (χ1) is 15.5. The van der Waals surface area contributed by atoms with Gasteiger partial charge in [-0.05, 0) is 54.5 Å². The van der Waals surface area contributed by atoms with Gasteiger partial charge in [0.1, 0.15) is 11.5 Å². The van der Waals surface area contributed by atoms with Gasteiger partial charge in [0.25, 0.3) is 5.56 Å². The zero-order valence-corrected chi connectivity index (χ0v) is 18.7. The van der Waals surface area contributed by atoms with E-state index in [9.17, 15) is 9.59 Å². The number of hydrogen-bond donors (Lipinski definition) is 0. The number of unbranched alkanes of at least 4 members (excludes halogenated alkanes) is 2. The van der Waals surface area contributed by atoms with Crippen LogP contribution in [0.4, 0.5) is 0 Å². The molecule has 2 aromatic carbocycles. The molecule has 2 heterocycles. The van der Waals surface area contributed by atoms with E-state index in [1.807, 2.05) is 30.3 Å². The average Bonchev–Trinajstić information content (AvgIpc) is 3.31. The number of nitrogens with zero attached hydrogens (tertiary/aromatic N) is 3. The largest absolute Gasteiger partial charge is 0.494 e. The van der Waals surface area contributed by atoms with Crippen molar-refractivity contribution in [2.45, 2.75) is 33.1 Å². The fourth-order valence-corrected chi connectivity index (χ4v) is 4.09. The summed E-state index contributed by atoms with van der Waals surface area (Å²) in [6.07, 6.45) is 5.09. The average molecular weight is 450 g/mol. The van der Waals surface area contributed by atoms with Crippen molar-refractivity contribution < 1.29 is 14.3 Å². The second-order valence-electron chi connectivity index (χ2n) is 7.29. The Morgan fingerprint density at radius 3 is 2.66 bits per heavy atom. The molecule has 2 aromatic heterocycles. The highest BCUT2D eigenvalue weighted by Crippen LogP contribution is 2.21. The van der Waals surface area contributed by atoms with Gasteiger partial charge >= 0.3 is 5.97 Å². The first kappa shape index (κ1) is 21.7. The lowest BCUT2D eigenvalue weighted by atomic mass is 10.2. The highest BCUT2D eigenvalue weighted by atomic mass is 32.1. The van der Waals surface area contributed by atoms with Crippen molar-refractivity contribution in [3.05, 3.63) is 69.0 Å². The number of rotatable bonds is 8. The van der Waals surface area contributed by atoms with Crippen molar-refractivity contribution in [2.75, 3.05) is 6.61 Å². The third-order valence-corrected chi connectivity index (χ3v) is 5.69. The zero-order chi connectivity index (χ0) is 22.5. The predicted molar refractivity (Wildman–Crippen MR) is 124 cm³/mol. The summed E-state index contributed by atoms with van der Waals surface area (Å²) in [6, 6.07) is 14.6. The second kappa shape index (κ2) is 9.74. The van der Waals surface area contributed by atoms with Gasteiger partial charge in [0.15, 0.2) is 5.82 Å². The van der Waals surface area contributed by atoms with Crippen LogP contribution in [0.5, 0.6) is 11.5 Å². The SMILES string of the molecule is CCCCCOc1ccc(-c2nc3s/c(=C\c4cccc(OC(C)=O)c4)c(=O)n3n2)cc1. The standard InChI is InChI=1S/C24H23N3O4S/c1-3-4-5-13-30-19-11-9-18(10-12-19)22-25-24-27(26-22)23(29)21(32-24)15-17-7-6-8-20(14-17)31-16(2)28/h6-12,14-15H,3-5,13H2,1-2H3/b21-15-. The van der Waals surface area contributed by atoms with Crippen LogP contribution in [0.15, 0.2) is 53.3 Å². The molecule has 164 valence electrons. The fourth-order valence-electron chi connectivity index (χ4n) is 3.18. The summed E-state index contributed by atoms with van der Waals surface area (Å²) in [4.78, 5) is 29.0. The van der Waals surface area contributed by atoms with Crippen LogP contribution in [0, 0.1) is 0 Å². The van der Waals surface area contributed by atoms with Gasteiger partial charge < -0.3 is 9.47 Å². The fraction of sp³-hybridized carbons (Fsp3) is 0.250. The maximum absolute atomic E-state index is 12.8. The lowest BCUT2D eigenvalue weighted by molar-refractivity contribution is -0.131. The molecule has 0 aliphatic rings. The summed E-state index contributed by atoms with van der Waals surface area (Å²) < 4.78 is 12.7. The maximum atomic E-state index is 12.8. The first-order valence-electron chi connectivity index (χ1n) is 10.5. The van der Waals surface area contributed by atoms with Gasteiger partial charge in [0.05, 0.1) is 11.1 Å². The van der Waals surface area contributed by atoms with Crippen LogP contribution in [0.25, 0.3) is 22.4 Å². The van der Waals surface area contributed by atoms with E-state index in [0.717, 1.165) is 36.1 Å². The third-order valence-electron chi connectivity index (χ3n) is 4.73. The number of carbonyl (C=O) groups excluding carboxylic acids is 1. The van der Waals surface area contributed by atoms with Crippen molar-refractivity contribution in [1.82, 2.24) is 14.6 Å². The Labute approximate surface area is 188 Å². The minimum Gasteiger partial charge on any atom is -0.494 e. The smallest absolute Gasteiger partial charge is 0.308 e. The number of ether oxygens (including phenoxy) is 2. The van der Waals surface area contributed by atoms with E-state index < -0.39 is 5.97 Å². The molecule has 0 aliphatic heterocycles. The second-order valence-corrected chi connectivity index (χ2v) is 8.30. The van der Waals surface area contributed by atoms with E-state index >= 15 is 0 Å². The van der Waals surface area contributed by atoms with Crippen LogP contribution < -0.4 is 19.6 Å². The molecule has 7 nitrogen and oxygen atoms in total. The van der Waals surface area contributed by atoms with E-state index in [0.29, 0.717) is 27.7 Å². The summed E-state index contributed by atoms with van der Waals surface area (Å²) >= 11 is 1.26. The number of thiazole rings is 1. The van der Waals surface area contributed by atoms with E-state index in [1.165, 1.54) is 22.8 Å². The molecule has 0 amide bonds. The molecule has 8 heteroatoms. The van der Waals surface area contributed by atoms with Gasteiger partial charge in [-0.25, -0.2) is 0 Å². The minimum absolute atomic E-state index is 0.238. The van der Waals surface area contributed by atoms with Gasteiger partial charge in [-0.15, -0.1) is 5.10 Å². The first-order valence-corrected chi connectivity index (χ1v) is 11.3. The van der Waals surface area contributed by atoms with E-state index in [-0.39, 0.29) is 5.56 Å². The molecule has 0 spiro atoms. The molecule has 0 saturated heterocycles. The number of hydrogen-bond acceptors (Lipinski definition) is 7. The van der Waals surface area contributed by atoms with Crippen molar-refractivity contribution in [3.8, 4) is 22.9 Å². The number of aromatic nitrogens is 3. The molecule has 0 saturated carbocycles. The van der Waals surface area contributed by atoms with Crippen LogP contribution in [-0.2, 0) is 4.79 Å². The molecule has 4 rings (SSSR count). The molecular formula is C24H23N3O4S. The topological polar surface area (TPSA) is 82.8 Å². The summed E-state index contributed by atoms with van der Waals surface area (Å²) in [7, 11) is 0. The van der Waals surface area contributed by atoms with Crippen molar-refractivity contribution >= 4 is 28.3 Å². The lowest BCUT2D eigenvalue weighted by Gasteiger charge is -2.05.